The Balaban J connectivity index is 1.27. The van der Waals surface area contributed by atoms with Crippen LogP contribution in [0.1, 0.15) is 28.4 Å². The Kier molecular flexibility index (Phi) is 8.49. The van der Waals surface area contributed by atoms with Crippen LogP contribution in [0.2, 0.25) is 0 Å². The molecule has 42 heavy (non-hydrogen) atoms. The minimum absolute atomic E-state index is 0.00660. The molecule has 2 aliphatic rings. The third-order valence-corrected chi connectivity index (χ3v) is 7.88. The first kappa shape index (κ1) is 29.1. The molecule has 11 heteroatoms. The minimum atomic E-state index is -4.51. The highest BCUT2D eigenvalue weighted by Gasteiger charge is 2.34. The fourth-order valence-corrected chi connectivity index (χ4v) is 5.61. The number of hydrogen-bond acceptors (Lipinski definition) is 6. The number of carbonyl (C=O) groups is 3. The van der Waals surface area contributed by atoms with E-state index in [-0.39, 0.29) is 33.9 Å². The zero-order valence-corrected chi connectivity index (χ0v) is 23.5. The Hall–Kier alpha value is -4.38. The maximum Gasteiger partial charge on any atom is 0.416 e. The van der Waals surface area contributed by atoms with Crippen LogP contribution in [0.5, 0.6) is 0 Å². The summed E-state index contributed by atoms with van der Waals surface area (Å²) in [5.41, 5.74) is 1.53. The summed E-state index contributed by atoms with van der Waals surface area (Å²) in [5, 5.41) is 0.280. The normalized spacial score (nSPS) is 16.7. The average Bonchev–Trinajstić information content (AvgIpc) is 3.30. The predicted molar refractivity (Wildman–Crippen MR) is 158 cm³/mol. The third-order valence-electron chi connectivity index (χ3n) is 6.96. The highest BCUT2D eigenvalue weighted by atomic mass is 32.2. The van der Waals surface area contributed by atoms with E-state index < -0.39 is 17.6 Å². The van der Waals surface area contributed by atoms with Crippen molar-refractivity contribution in [2.45, 2.75) is 13.1 Å². The van der Waals surface area contributed by atoms with Gasteiger partial charge in [0.1, 0.15) is 5.70 Å². The molecule has 0 unspecified atom stereocenters. The highest BCUT2D eigenvalue weighted by Crippen LogP contribution is 2.32. The third kappa shape index (κ3) is 6.57. The second kappa shape index (κ2) is 12.2. The van der Waals surface area contributed by atoms with Crippen LogP contribution in [0.4, 0.5) is 24.5 Å². The molecule has 216 valence electrons. The number of anilines is 2. The Morgan fingerprint density at radius 3 is 2.24 bits per heavy atom. The van der Waals surface area contributed by atoms with Crippen LogP contribution in [0.15, 0.2) is 89.6 Å². The first-order chi connectivity index (χ1) is 20.1. The molecule has 3 aromatic carbocycles. The number of thioether (sulfide) groups is 1. The van der Waals surface area contributed by atoms with Gasteiger partial charge >= 0.3 is 6.18 Å². The van der Waals surface area contributed by atoms with Gasteiger partial charge < -0.3 is 9.80 Å². The lowest BCUT2D eigenvalue weighted by Crippen LogP contribution is -2.49. The number of nitrogens with zero attached hydrogens (tertiary/aromatic N) is 4. The molecule has 0 N–H and O–H groups in total. The van der Waals surface area contributed by atoms with Gasteiger partial charge in [0.25, 0.3) is 5.91 Å². The molecule has 1 saturated heterocycles. The van der Waals surface area contributed by atoms with Gasteiger partial charge in [-0.15, -0.1) is 0 Å². The molecule has 7 nitrogen and oxygen atoms in total. The predicted octanol–water partition coefficient (Wildman–Crippen LogP) is 5.73. The fourth-order valence-electron chi connectivity index (χ4n) is 4.70. The van der Waals surface area contributed by atoms with Crippen molar-refractivity contribution < 1.29 is 27.6 Å². The molecule has 2 heterocycles. The van der Waals surface area contributed by atoms with Gasteiger partial charge in [-0.1, -0.05) is 42.1 Å². The number of halogens is 3. The molecule has 2 aliphatic heterocycles. The molecule has 3 aromatic rings. The van der Waals surface area contributed by atoms with Crippen LogP contribution >= 0.6 is 11.8 Å². The Morgan fingerprint density at radius 2 is 1.60 bits per heavy atom. The Bertz CT molecular complexity index is 1550. The van der Waals surface area contributed by atoms with Gasteiger partial charge in [-0.05, 0) is 67.1 Å². The van der Waals surface area contributed by atoms with E-state index in [0.29, 0.717) is 37.4 Å². The van der Waals surface area contributed by atoms with Gasteiger partial charge in [-0.2, -0.15) is 13.2 Å². The lowest BCUT2D eigenvalue weighted by atomic mass is 10.1. The minimum Gasteiger partial charge on any atom is -0.368 e. The summed E-state index contributed by atoms with van der Waals surface area (Å²) in [5.74, 6) is -0.547. The van der Waals surface area contributed by atoms with Crippen molar-refractivity contribution in [2.24, 2.45) is 4.99 Å². The first-order valence-corrected chi connectivity index (χ1v) is 14.2. The number of amidine groups is 1. The summed E-state index contributed by atoms with van der Waals surface area (Å²) >= 11 is 1.11. The number of hydrogen-bond donors (Lipinski definition) is 0. The largest absolute Gasteiger partial charge is 0.416 e. The molecule has 0 atom stereocenters. The second-order valence-corrected chi connectivity index (χ2v) is 10.7. The van der Waals surface area contributed by atoms with Gasteiger partial charge in [0, 0.05) is 37.4 Å². The molecule has 0 bridgehead atoms. The zero-order valence-electron chi connectivity index (χ0n) is 22.7. The number of alkyl halides is 3. The molecule has 0 spiro atoms. The number of amides is 2. The topological polar surface area (TPSA) is 73.3 Å². The van der Waals surface area contributed by atoms with Crippen LogP contribution in [0.25, 0.3) is 6.08 Å². The number of piperazine rings is 1. The zero-order chi connectivity index (χ0) is 29.9. The maximum atomic E-state index is 13.4. The van der Waals surface area contributed by atoms with Gasteiger partial charge in [0.15, 0.2) is 11.0 Å². The first-order valence-electron chi connectivity index (χ1n) is 13.2. The van der Waals surface area contributed by atoms with Crippen molar-refractivity contribution in [3.8, 4) is 0 Å². The molecule has 0 aliphatic carbocycles. The number of carbonyl (C=O) groups excluding carboxylic acids is 3. The van der Waals surface area contributed by atoms with Crippen molar-refractivity contribution in [3.63, 3.8) is 0 Å². The Morgan fingerprint density at radius 1 is 0.905 bits per heavy atom. The number of para-hydroxylation sites is 1. The van der Waals surface area contributed by atoms with Crippen LogP contribution in [-0.2, 0) is 15.8 Å². The summed E-state index contributed by atoms with van der Waals surface area (Å²) < 4.78 is 39.6. The van der Waals surface area contributed by atoms with Crippen molar-refractivity contribution in [1.29, 1.82) is 0 Å². The van der Waals surface area contributed by atoms with E-state index in [2.05, 4.69) is 9.89 Å². The molecule has 0 aromatic heterocycles. The van der Waals surface area contributed by atoms with E-state index in [9.17, 15) is 27.6 Å². The molecule has 0 radical (unpaired) electrons. The van der Waals surface area contributed by atoms with Crippen molar-refractivity contribution in [1.82, 2.24) is 4.90 Å². The van der Waals surface area contributed by atoms with E-state index >= 15 is 0 Å². The van der Waals surface area contributed by atoms with Crippen molar-refractivity contribution >= 4 is 52.0 Å². The van der Waals surface area contributed by atoms with Crippen molar-refractivity contribution in [3.05, 3.63) is 101 Å². The SMILES string of the molecule is CC(=O)c1ccc(N2CCN(C(=O)CSC3=N/C(=C/c4cccc(C(F)(F)F)c4)C(=O)N3c3ccccc3)CC2)cc1. The van der Waals surface area contributed by atoms with Gasteiger partial charge in [-0.3, -0.25) is 19.3 Å². The summed E-state index contributed by atoms with van der Waals surface area (Å²) in [6.07, 6.45) is -3.19. The molecular weight excluding hydrogens is 565 g/mol. The lowest BCUT2D eigenvalue weighted by molar-refractivity contribution is -0.137. The Labute approximate surface area is 245 Å². The molecular formula is C31H27F3N4O3S. The van der Waals surface area contributed by atoms with E-state index in [1.54, 1.807) is 47.4 Å². The summed E-state index contributed by atoms with van der Waals surface area (Å²) in [6, 6.07) is 20.9. The molecule has 1 fully saturated rings. The summed E-state index contributed by atoms with van der Waals surface area (Å²) in [4.78, 5) is 47.7. The van der Waals surface area contributed by atoms with E-state index in [1.807, 2.05) is 12.1 Å². The number of rotatable bonds is 6. The highest BCUT2D eigenvalue weighted by molar-refractivity contribution is 8.14. The maximum absolute atomic E-state index is 13.4. The number of aliphatic imine (C=N–C) groups is 1. The van der Waals surface area contributed by atoms with Crippen LogP contribution in [-0.4, -0.2) is 59.6 Å². The van der Waals surface area contributed by atoms with Crippen molar-refractivity contribution in [2.75, 3.05) is 41.7 Å². The molecule has 0 saturated carbocycles. The van der Waals surface area contributed by atoms with Crippen LogP contribution < -0.4 is 9.80 Å². The summed E-state index contributed by atoms with van der Waals surface area (Å²) in [6.45, 7) is 3.83. The lowest BCUT2D eigenvalue weighted by Gasteiger charge is -2.36. The average molecular weight is 593 g/mol. The fraction of sp³-hybridized carbons (Fsp3) is 0.226. The molecule has 2 amide bonds. The number of benzene rings is 3. The van der Waals surface area contributed by atoms with E-state index in [4.69, 9.17) is 0 Å². The summed E-state index contributed by atoms with van der Waals surface area (Å²) in [7, 11) is 0. The second-order valence-electron chi connectivity index (χ2n) is 9.78. The van der Waals surface area contributed by atoms with Gasteiger partial charge in [0.05, 0.1) is 17.0 Å². The van der Waals surface area contributed by atoms with Crippen LogP contribution in [0.3, 0.4) is 0 Å². The van der Waals surface area contributed by atoms with Gasteiger partial charge in [0.2, 0.25) is 5.91 Å². The number of Topliss-reactive ketones (excluding diaryl/α,β-unsaturated/α-hetero) is 1. The smallest absolute Gasteiger partial charge is 0.368 e. The standard InChI is InChI=1S/C31H27F3N4O3S/c1-21(39)23-10-12-25(13-11-23)36-14-16-37(17-15-36)28(40)20-42-30-35-27(29(41)38(30)26-8-3-2-4-9-26)19-22-6-5-7-24(18-22)31(32,33)34/h2-13,18-19H,14-17,20H2,1H3/b27-19+. The monoisotopic (exact) mass is 592 g/mol. The van der Waals surface area contributed by atoms with Gasteiger partial charge in [-0.25, -0.2) is 4.99 Å². The molecule has 5 rings (SSSR count). The number of ketones is 1. The van der Waals surface area contributed by atoms with E-state index in [0.717, 1.165) is 29.6 Å². The van der Waals surface area contributed by atoms with E-state index in [1.165, 1.54) is 30.0 Å². The van der Waals surface area contributed by atoms with Crippen LogP contribution in [0, 0.1) is 0 Å². The quantitative estimate of drug-likeness (QED) is 0.270.